The van der Waals surface area contributed by atoms with Gasteiger partial charge >= 0.3 is 12.1 Å². The Morgan fingerprint density at radius 3 is 2.15 bits per heavy atom. The van der Waals surface area contributed by atoms with Crippen molar-refractivity contribution >= 4 is 23.0 Å². The van der Waals surface area contributed by atoms with Crippen LogP contribution in [0.1, 0.15) is 69.1 Å². The highest BCUT2D eigenvalue weighted by Gasteiger charge is 2.41. The number of alkyl halides is 3. The predicted molar refractivity (Wildman–Crippen MR) is 179 cm³/mol. The van der Waals surface area contributed by atoms with Crippen molar-refractivity contribution in [2.75, 3.05) is 13.1 Å². The van der Waals surface area contributed by atoms with Crippen molar-refractivity contribution in [1.29, 1.82) is 0 Å². The lowest BCUT2D eigenvalue weighted by atomic mass is 10.1. The van der Waals surface area contributed by atoms with Crippen LogP contribution in [0.4, 0.5) is 13.2 Å². The van der Waals surface area contributed by atoms with Gasteiger partial charge in [0.1, 0.15) is 17.1 Å². The molecule has 0 unspecified atom stereocenters. The number of nitrogens with zero attached hydrogens (tertiary/aromatic N) is 1. The van der Waals surface area contributed by atoms with Gasteiger partial charge in [-0.15, -0.1) is 0 Å². The highest BCUT2D eigenvalue weighted by Crippen LogP contribution is 2.40. The summed E-state index contributed by atoms with van der Waals surface area (Å²) in [5.74, 6) is -2.70. The average molecular weight is 650 g/mol. The summed E-state index contributed by atoms with van der Waals surface area (Å²) in [5, 5.41) is -0.116. The Kier molecular flexibility index (Phi) is 11.7. The van der Waals surface area contributed by atoms with Gasteiger partial charge in [0.2, 0.25) is 11.2 Å². The number of hydrogen-bond acceptors (Lipinski definition) is 6. The average Bonchev–Trinajstić information content (AvgIpc) is 2.99. The largest absolute Gasteiger partial charge is 0.453 e. The number of halogens is 3. The third kappa shape index (κ3) is 9.58. The van der Waals surface area contributed by atoms with E-state index in [1.165, 1.54) is 30.3 Å². The van der Waals surface area contributed by atoms with Gasteiger partial charge in [-0.25, -0.2) is 4.79 Å². The lowest BCUT2D eigenvalue weighted by Crippen LogP contribution is -2.31. The van der Waals surface area contributed by atoms with Gasteiger partial charge in [-0.3, -0.25) is 9.69 Å². The van der Waals surface area contributed by atoms with E-state index in [2.05, 4.69) is 4.90 Å². The van der Waals surface area contributed by atoms with E-state index in [0.717, 1.165) is 29.5 Å². The maximum Gasteiger partial charge on any atom is 0.453 e. The molecular weight excluding hydrogens is 607 g/mol. The van der Waals surface area contributed by atoms with Crippen LogP contribution in [-0.4, -0.2) is 24.0 Å². The Hall–Kier alpha value is -4.37. The molecule has 4 rings (SSSR count). The zero-order valence-electron chi connectivity index (χ0n) is 27.7. The molecule has 0 spiro atoms. The summed E-state index contributed by atoms with van der Waals surface area (Å²) < 4.78 is 60.5. The maximum absolute atomic E-state index is 14.5. The second kappa shape index (κ2) is 15.5. The van der Waals surface area contributed by atoms with E-state index in [1.54, 1.807) is 18.2 Å². The van der Waals surface area contributed by atoms with Gasteiger partial charge in [0.15, 0.2) is 0 Å². The third-order valence-corrected chi connectivity index (χ3v) is 7.35. The lowest BCUT2D eigenvalue weighted by molar-refractivity contribution is -0.154. The summed E-state index contributed by atoms with van der Waals surface area (Å²) in [6, 6.07) is 16.8. The number of aryl methyl sites for hydroxylation is 2. The molecule has 1 aromatic heterocycles. The highest BCUT2D eigenvalue weighted by molar-refractivity contribution is 5.90. The van der Waals surface area contributed by atoms with Gasteiger partial charge in [-0.2, -0.15) is 13.2 Å². The molecule has 0 aliphatic carbocycles. The fourth-order valence-electron chi connectivity index (χ4n) is 5.38. The highest BCUT2D eigenvalue weighted by atomic mass is 19.4. The van der Waals surface area contributed by atoms with Crippen LogP contribution < -0.4 is 14.9 Å². The van der Waals surface area contributed by atoms with Crippen LogP contribution in [-0.2, 0) is 23.9 Å². The Balaban J connectivity index is 1.84. The summed E-state index contributed by atoms with van der Waals surface area (Å²) in [4.78, 5) is 28.8. The monoisotopic (exact) mass is 649 g/mol. The number of carbonyl (C=O) groups excluding carboxylic acids is 1. The van der Waals surface area contributed by atoms with Crippen molar-refractivity contribution in [3.05, 3.63) is 105 Å². The van der Waals surface area contributed by atoms with Crippen molar-refractivity contribution in [3.63, 3.8) is 0 Å². The Labute approximate surface area is 273 Å². The van der Waals surface area contributed by atoms with Crippen LogP contribution in [0, 0.1) is 18.8 Å². The first-order chi connectivity index (χ1) is 22.2. The number of benzene rings is 3. The van der Waals surface area contributed by atoms with Crippen LogP contribution in [0.15, 0.2) is 76.0 Å². The van der Waals surface area contributed by atoms with Crippen LogP contribution in [0.5, 0.6) is 17.2 Å². The molecule has 0 aliphatic heterocycles. The summed E-state index contributed by atoms with van der Waals surface area (Å²) in [6.45, 7) is 13.4. The molecule has 0 radical (unpaired) electrons. The van der Waals surface area contributed by atoms with Gasteiger partial charge in [-0.1, -0.05) is 83.0 Å². The third-order valence-electron chi connectivity index (χ3n) is 7.35. The molecule has 0 aliphatic rings. The molecule has 0 bridgehead atoms. The Bertz CT molecular complexity index is 1740. The molecule has 47 heavy (non-hydrogen) atoms. The van der Waals surface area contributed by atoms with E-state index in [1.807, 2.05) is 65.8 Å². The quantitative estimate of drug-likeness (QED) is 0.0816. The fourth-order valence-corrected chi connectivity index (χ4v) is 5.38. The molecule has 0 atom stereocenters. The zero-order chi connectivity index (χ0) is 34.3. The minimum Gasteiger partial charge on any atom is -0.449 e. The summed E-state index contributed by atoms with van der Waals surface area (Å²) in [7, 11) is 0. The molecule has 0 N–H and O–H groups in total. The summed E-state index contributed by atoms with van der Waals surface area (Å²) in [6.07, 6.45) is -0.512. The molecule has 1 heterocycles. The van der Waals surface area contributed by atoms with E-state index < -0.39 is 29.1 Å². The number of carbonyl (C=O) groups is 1. The van der Waals surface area contributed by atoms with Crippen LogP contribution in [0.3, 0.4) is 0 Å². The van der Waals surface area contributed by atoms with Crippen LogP contribution in [0.2, 0.25) is 0 Å². The molecule has 0 amide bonds. The van der Waals surface area contributed by atoms with E-state index >= 15 is 0 Å². The SMILES string of the molecule is CCCc1ccc(Oc2c(C(F)(F)F)oc3c(CN(CC(C)C)CC(C)C)c(OC(=O)C=Cc4ccc(C)cc4)ccc3c2=O)cc1. The number of fused-ring (bicyclic) bond motifs is 1. The molecule has 3 aromatic carbocycles. The van der Waals surface area contributed by atoms with Gasteiger partial charge in [0.25, 0.3) is 5.76 Å². The molecule has 9 heteroatoms. The predicted octanol–water partition coefficient (Wildman–Crippen LogP) is 9.60. The standard InChI is InChI=1S/C38H42F3NO5/c1-7-8-27-13-16-29(17-14-27)45-36-34(44)30-18-19-32(46-33(43)20-15-28-11-9-26(6)10-12-28)31(35(30)47-37(36)38(39,40)41)23-42(21-24(2)3)22-25(4)5/h9-20,24-25H,7-8,21-23H2,1-6H3. The minimum absolute atomic E-state index is 0.00465. The second-order valence-electron chi connectivity index (χ2n) is 12.6. The van der Waals surface area contributed by atoms with Crippen LogP contribution in [0.25, 0.3) is 17.0 Å². The number of rotatable bonds is 13. The summed E-state index contributed by atoms with van der Waals surface area (Å²) >= 11 is 0. The molecule has 4 aromatic rings. The molecule has 250 valence electrons. The van der Waals surface area contributed by atoms with E-state index in [9.17, 15) is 22.8 Å². The van der Waals surface area contributed by atoms with E-state index in [0.29, 0.717) is 13.1 Å². The van der Waals surface area contributed by atoms with Crippen molar-refractivity contribution in [3.8, 4) is 17.2 Å². The second-order valence-corrected chi connectivity index (χ2v) is 12.6. The first kappa shape index (κ1) is 35.5. The maximum atomic E-state index is 14.5. The van der Waals surface area contributed by atoms with Crippen molar-refractivity contribution < 1.29 is 31.9 Å². The van der Waals surface area contributed by atoms with Gasteiger partial charge in [0.05, 0.1) is 10.9 Å². The molecular formula is C38H42F3NO5. The van der Waals surface area contributed by atoms with Gasteiger partial charge in [-0.05, 0) is 66.6 Å². The number of ether oxygens (including phenoxy) is 2. The van der Waals surface area contributed by atoms with Crippen molar-refractivity contribution in [1.82, 2.24) is 4.90 Å². The first-order valence-electron chi connectivity index (χ1n) is 15.9. The lowest BCUT2D eigenvalue weighted by Gasteiger charge is -2.27. The Morgan fingerprint density at radius 2 is 1.57 bits per heavy atom. The number of hydrogen-bond donors (Lipinski definition) is 0. The van der Waals surface area contributed by atoms with Crippen molar-refractivity contribution in [2.24, 2.45) is 11.8 Å². The smallest absolute Gasteiger partial charge is 0.449 e. The van der Waals surface area contributed by atoms with Gasteiger partial charge < -0.3 is 13.9 Å². The normalized spacial score (nSPS) is 12.2. The molecule has 0 saturated heterocycles. The van der Waals surface area contributed by atoms with E-state index in [4.69, 9.17) is 13.9 Å². The molecule has 0 fully saturated rings. The molecule has 6 nitrogen and oxygen atoms in total. The molecule has 0 saturated carbocycles. The Morgan fingerprint density at radius 1 is 0.936 bits per heavy atom. The van der Waals surface area contributed by atoms with Crippen LogP contribution >= 0.6 is 0 Å². The van der Waals surface area contributed by atoms with Crippen molar-refractivity contribution in [2.45, 2.75) is 67.1 Å². The first-order valence-corrected chi connectivity index (χ1v) is 15.9. The van der Waals surface area contributed by atoms with Gasteiger partial charge in [0, 0.05) is 25.7 Å². The van der Waals surface area contributed by atoms with E-state index in [-0.39, 0.29) is 46.4 Å². The minimum atomic E-state index is -5.05. The number of esters is 1. The topological polar surface area (TPSA) is 69.0 Å². The fraction of sp³-hybridized carbons (Fsp3) is 0.368. The summed E-state index contributed by atoms with van der Waals surface area (Å²) in [5.41, 5.74) is 1.72. The zero-order valence-corrected chi connectivity index (χ0v) is 27.7.